The van der Waals surface area contributed by atoms with Crippen molar-refractivity contribution in [2.24, 2.45) is 0 Å². The SMILES string of the molecule is CC(=O)Nc1cc(C=O)cc(C(C)(C)C)c1O.Cc1ccc(OCC(=O)Nc2cc(C=O)cc(C(C)(C)C)c2O)cc1. The van der Waals surface area contributed by atoms with Gasteiger partial charge in [-0.15, -0.1) is 0 Å². The first-order valence-electron chi connectivity index (χ1n) is 13.4. The van der Waals surface area contributed by atoms with Crippen LogP contribution in [0.5, 0.6) is 17.2 Å². The van der Waals surface area contributed by atoms with E-state index in [1.807, 2.05) is 60.6 Å². The Kier molecular flexibility index (Phi) is 11.0. The standard InChI is InChI=1S/C20H23NO4.C13H17NO3/c1-13-5-7-15(8-6-13)25-12-18(23)21-17-10-14(11-22)9-16(19(17)24)20(2,3)4;1-8(16)14-11-6-9(7-15)5-10(12(11)17)13(2,3)4/h5-11,24H,12H2,1-4H3,(H,21,23);5-7,17H,1-4H3,(H,14,16). The molecule has 0 aliphatic rings. The number of aromatic hydroxyl groups is 2. The minimum absolute atomic E-state index is 0.0123. The summed E-state index contributed by atoms with van der Waals surface area (Å²) in [4.78, 5) is 45.1. The minimum atomic E-state index is -0.418. The summed E-state index contributed by atoms with van der Waals surface area (Å²) in [5, 5.41) is 25.6. The number of benzene rings is 3. The van der Waals surface area contributed by atoms with E-state index in [1.165, 1.54) is 19.1 Å². The Balaban J connectivity index is 0.000000317. The predicted molar refractivity (Wildman–Crippen MR) is 164 cm³/mol. The van der Waals surface area contributed by atoms with Crippen LogP contribution in [0.15, 0.2) is 48.5 Å². The molecule has 3 rings (SSSR count). The first-order chi connectivity index (χ1) is 19.5. The molecule has 0 saturated heterocycles. The number of carbonyl (C=O) groups is 4. The Bertz CT molecular complexity index is 1450. The smallest absolute Gasteiger partial charge is 0.262 e. The second-order valence-corrected chi connectivity index (χ2v) is 12.0. The van der Waals surface area contributed by atoms with Gasteiger partial charge in [0.15, 0.2) is 6.61 Å². The summed E-state index contributed by atoms with van der Waals surface area (Å²) in [5.74, 6) is -0.149. The van der Waals surface area contributed by atoms with Crippen LogP contribution < -0.4 is 15.4 Å². The lowest BCUT2D eigenvalue weighted by molar-refractivity contribution is -0.118. The Hall–Kier alpha value is -4.66. The highest BCUT2D eigenvalue weighted by Crippen LogP contribution is 2.38. The fourth-order valence-corrected chi connectivity index (χ4v) is 3.94. The van der Waals surface area contributed by atoms with Crippen LogP contribution in [0.1, 0.15) is 85.9 Å². The van der Waals surface area contributed by atoms with Gasteiger partial charge in [0.2, 0.25) is 5.91 Å². The quantitative estimate of drug-likeness (QED) is 0.191. The zero-order chi connectivity index (χ0) is 31.8. The van der Waals surface area contributed by atoms with Crippen molar-refractivity contribution < 1.29 is 34.1 Å². The maximum absolute atomic E-state index is 12.1. The van der Waals surface area contributed by atoms with Gasteiger partial charge >= 0.3 is 0 Å². The van der Waals surface area contributed by atoms with E-state index >= 15 is 0 Å². The molecule has 0 aliphatic carbocycles. The molecular formula is C33H40N2O7. The maximum Gasteiger partial charge on any atom is 0.262 e. The fraction of sp³-hybridized carbons (Fsp3) is 0.333. The Labute approximate surface area is 246 Å². The van der Waals surface area contributed by atoms with Crippen LogP contribution in [0.3, 0.4) is 0 Å². The average molecular weight is 577 g/mol. The zero-order valence-electron chi connectivity index (χ0n) is 25.4. The molecule has 0 aromatic heterocycles. The first-order valence-corrected chi connectivity index (χ1v) is 13.4. The minimum Gasteiger partial charge on any atom is -0.505 e. The monoisotopic (exact) mass is 576 g/mol. The highest BCUT2D eigenvalue weighted by Gasteiger charge is 2.23. The Morgan fingerprint density at radius 1 is 0.762 bits per heavy atom. The van der Waals surface area contributed by atoms with Gasteiger partial charge in [-0.2, -0.15) is 0 Å². The first kappa shape index (κ1) is 33.5. The highest BCUT2D eigenvalue weighted by molar-refractivity contribution is 5.95. The fourth-order valence-electron chi connectivity index (χ4n) is 3.94. The van der Waals surface area contributed by atoms with Crippen molar-refractivity contribution in [3.8, 4) is 17.2 Å². The van der Waals surface area contributed by atoms with Crippen LogP contribution in [0.25, 0.3) is 0 Å². The van der Waals surface area contributed by atoms with Crippen LogP contribution in [-0.2, 0) is 20.4 Å². The second kappa shape index (κ2) is 13.8. The summed E-state index contributed by atoms with van der Waals surface area (Å²) < 4.78 is 5.43. The van der Waals surface area contributed by atoms with Crippen LogP contribution in [0, 0.1) is 6.92 Å². The summed E-state index contributed by atoms with van der Waals surface area (Å²) in [6.07, 6.45) is 1.38. The lowest BCUT2D eigenvalue weighted by Crippen LogP contribution is -2.21. The number of amides is 2. The lowest BCUT2D eigenvalue weighted by Gasteiger charge is -2.22. The summed E-state index contributed by atoms with van der Waals surface area (Å²) in [7, 11) is 0. The van der Waals surface area contributed by atoms with Gasteiger partial charge < -0.3 is 25.6 Å². The van der Waals surface area contributed by atoms with E-state index in [9.17, 15) is 29.4 Å². The van der Waals surface area contributed by atoms with Gasteiger partial charge in [0.05, 0.1) is 11.4 Å². The number of anilines is 2. The van der Waals surface area contributed by atoms with Crippen molar-refractivity contribution in [1.29, 1.82) is 0 Å². The molecule has 4 N–H and O–H groups in total. The van der Waals surface area contributed by atoms with Crippen LogP contribution in [0.4, 0.5) is 11.4 Å². The normalized spacial score (nSPS) is 11.0. The van der Waals surface area contributed by atoms with Crippen molar-refractivity contribution in [3.63, 3.8) is 0 Å². The summed E-state index contributed by atoms with van der Waals surface area (Å²) in [5.41, 5.74) is 2.92. The van der Waals surface area contributed by atoms with E-state index in [0.717, 1.165) is 5.56 Å². The number of ether oxygens (including phenoxy) is 1. The van der Waals surface area contributed by atoms with Crippen molar-refractivity contribution in [1.82, 2.24) is 0 Å². The average Bonchev–Trinajstić information content (AvgIpc) is 2.89. The molecule has 3 aromatic carbocycles. The predicted octanol–water partition coefficient (Wildman–Crippen LogP) is 6.29. The third kappa shape index (κ3) is 9.47. The molecule has 224 valence electrons. The molecule has 9 nitrogen and oxygen atoms in total. The number of nitrogens with one attached hydrogen (secondary N) is 2. The van der Waals surface area contributed by atoms with E-state index in [1.54, 1.807) is 24.3 Å². The number of carbonyl (C=O) groups excluding carboxylic acids is 4. The van der Waals surface area contributed by atoms with E-state index in [0.29, 0.717) is 40.6 Å². The molecule has 0 heterocycles. The van der Waals surface area contributed by atoms with Gasteiger partial charge in [0, 0.05) is 29.2 Å². The number of rotatable bonds is 7. The highest BCUT2D eigenvalue weighted by atomic mass is 16.5. The van der Waals surface area contributed by atoms with Gasteiger partial charge in [-0.3, -0.25) is 19.2 Å². The van der Waals surface area contributed by atoms with Crippen molar-refractivity contribution in [3.05, 3.63) is 76.3 Å². The van der Waals surface area contributed by atoms with Gasteiger partial charge in [0.25, 0.3) is 5.91 Å². The summed E-state index contributed by atoms with van der Waals surface area (Å²) >= 11 is 0. The van der Waals surface area contributed by atoms with Gasteiger partial charge in [0.1, 0.15) is 29.8 Å². The molecule has 0 bridgehead atoms. The van der Waals surface area contributed by atoms with E-state index < -0.39 is 5.91 Å². The molecule has 0 saturated carbocycles. The molecule has 0 spiro atoms. The molecular weight excluding hydrogens is 536 g/mol. The summed E-state index contributed by atoms with van der Waals surface area (Å²) in [6.45, 7) is 14.7. The Morgan fingerprint density at radius 3 is 1.57 bits per heavy atom. The van der Waals surface area contributed by atoms with Crippen molar-refractivity contribution >= 4 is 35.8 Å². The van der Waals surface area contributed by atoms with Crippen molar-refractivity contribution in [2.75, 3.05) is 17.2 Å². The van der Waals surface area contributed by atoms with Crippen LogP contribution in [0.2, 0.25) is 0 Å². The number of aryl methyl sites for hydroxylation is 1. The number of aldehydes is 2. The molecule has 3 aromatic rings. The molecule has 0 fully saturated rings. The summed E-state index contributed by atoms with van der Waals surface area (Å²) in [6, 6.07) is 13.5. The second-order valence-electron chi connectivity index (χ2n) is 12.0. The van der Waals surface area contributed by atoms with E-state index in [-0.39, 0.29) is 46.2 Å². The molecule has 0 atom stereocenters. The molecule has 0 radical (unpaired) electrons. The van der Waals surface area contributed by atoms with Gasteiger partial charge in [-0.25, -0.2) is 0 Å². The number of phenols is 2. The lowest BCUT2D eigenvalue weighted by atomic mass is 9.85. The number of phenolic OH excluding ortho intramolecular Hbond substituents is 2. The molecule has 9 heteroatoms. The number of hydrogen-bond donors (Lipinski definition) is 4. The molecule has 0 unspecified atom stereocenters. The van der Waals surface area contributed by atoms with E-state index in [2.05, 4.69) is 10.6 Å². The molecule has 0 aliphatic heterocycles. The van der Waals surface area contributed by atoms with E-state index in [4.69, 9.17) is 4.74 Å². The van der Waals surface area contributed by atoms with Crippen molar-refractivity contribution in [2.45, 2.75) is 66.2 Å². The molecule has 2 amide bonds. The third-order valence-corrected chi connectivity index (χ3v) is 6.13. The Morgan fingerprint density at radius 2 is 1.19 bits per heavy atom. The third-order valence-electron chi connectivity index (χ3n) is 6.13. The zero-order valence-corrected chi connectivity index (χ0v) is 25.4. The van der Waals surface area contributed by atoms with Gasteiger partial charge in [-0.1, -0.05) is 59.2 Å². The molecule has 42 heavy (non-hydrogen) atoms. The van der Waals surface area contributed by atoms with Crippen LogP contribution >= 0.6 is 0 Å². The largest absolute Gasteiger partial charge is 0.505 e. The number of hydrogen-bond acceptors (Lipinski definition) is 7. The maximum atomic E-state index is 12.1. The topological polar surface area (TPSA) is 142 Å². The van der Waals surface area contributed by atoms with Crippen LogP contribution in [-0.4, -0.2) is 41.2 Å². The van der Waals surface area contributed by atoms with Gasteiger partial charge in [-0.05, 0) is 54.2 Å².